The monoisotopic (exact) mass is 496 g/mol. The van der Waals surface area contributed by atoms with E-state index in [2.05, 4.69) is 4.94 Å². The van der Waals surface area contributed by atoms with Gasteiger partial charge >= 0.3 is 0 Å². The van der Waals surface area contributed by atoms with E-state index in [1.54, 1.807) is 37.3 Å². The van der Waals surface area contributed by atoms with Crippen LogP contribution in [-0.4, -0.2) is 0 Å². The van der Waals surface area contributed by atoms with Crippen LogP contribution in [0.25, 0.3) is 22.3 Å². The van der Waals surface area contributed by atoms with Crippen molar-refractivity contribution in [1.29, 1.82) is 0 Å². The van der Waals surface area contributed by atoms with Gasteiger partial charge in [-0.15, -0.1) is 0 Å². The Balaban J connectivity index is 0.000000261. The second-order valence-corrected chi connectivity index (χ2v) is 7.39. The van der Waals surface area contributed by atoms with Crippen LogP contribution in [0.15, 0.2) is 66.7 Å². The van der Waals surface area contributed by atoms with Crippen LogP contribution < -0.4 is 4.94 Å². The van der Waals surface area contributed by atoms with Crippen molar-refractivity contribution in [2.45, 2.75) is 13.6 Å². The van der Waals surface area contributed by atoms with Gasteiger partial charge in [-0.05, 0) is 47.4 Å². The lowest BCUT2D eigenvalue weighted by Gasteiger charge is -2.08. The lowest BCUT2D eigenvalue weighted by atomic mass is 9.98. The number of benzene rings is 4. The van der Waals surface area contributed by atoms with Gasteiger partial charge in [-0.25, -0.2) is 30.7 Å². The van der Waals surface area contributed by atoms with Crippen molar-refractivity contribution in [1.82, 2.24) is 0 Å². The predicted octanol–water partition coefficient (Wildman–Crippen LogP) is 8.58. The number of halogens is 8. The van der Waals surface area contributed by atoms with Crippen LogP contribution in [0.4, 0.5) is 35.3 Å². The lowest BCUT2D eigenvalue weighted by molar-refractivity contribution is -0.00711. The molecule has 182 valence electrons. The summed E-state index contributed by atoms with van der Waals surface area (Å²) in [7, 11) is 0. The van der Waals surface area contributed by atoms with Gasteiger partial charge in [0, 0.05) is 22.2 Å². The highest BCUT2D eigenvalue weighted by molar-refractivity contribution is 5.71. The molecule has 0 N–H and O–H groups in total. The Bertz CT molecular complexity index is 1290. The van der Waals surface area contributed by atoms with Gasteiger partial charge in [-0.2, -0.15) is 0 Å². The van der Waals surface area contributed by atoms with Crippen molar-refractivity contribution >= 4 is 0 Å². The van der Waals surface area contributed by atoms with E-state index in [1.165, 1.54) is 6.07 Å². The number of rotatable bonds is 4. The summed E-state index contributed by atoms with van der Waals surface area (Å²) < 4.78 is 102. The molecule has 9 heteroatoms. The van der Waals surface area contributed by atoms with E-state index in [0.29, 0.717) is 34.4 Å². The first-order valence-corrected chi connectivity index (χ1v) is 9.98. The van der Waals surface area contributed by atoms with Crippen LogP contribution in [0, 0.1) is 41.8 Å². The first-order valence-electron chi connectivity index (χ1n) is 9.98. The van der Waals surface area contributed by atoms with Crippen LogP contribution in [0.1, 0.15) is 11.1 Å². The molecule has 0 saturated carbocycles. The van der Waals surface area contributed by atoms with Crippen molar-refractivity contribution in [2.75, 3.05) is 0 Å². The number of hydrogen-bond donors (Lipinski definition) is 0. The molecule has 0 saturated heterocycles. The fourth-order valence-corrected chi connectivity index (χ4v) is 3.17. The van der Waals surface area contributed by atoms with Crippen molar-refractivity contribution in [3.05, 3.63) is 113 Å². The molecule has 0 atom stereocenters. The van der Waals surface area contributed by atoms with Gasteiger partial charge < -0.3 is 0 Å². The van der Waals surface area contributed by atoms with Gasteiger partial charge in [0.2, 0.25) is 0 Å². The van der Waals surface area contributed by atoms with E-state index >= 15 is 0 Å². The summed E-state index contributed by atoms with van der Waals surface area (Å²) in [5.74, 6) is -7.49. The molecule has 4 aromatic carbocycles. The first kappa shape index (κ1) is 25.7. The molecule has 0 aliphatic carbocycles. The third kappa shape index (κ3) is 5.98. The molecular formula is C26H16F8O. The maximum Gasteiger partial charge on any atom is 0.194 e. The highest BCUT2D eigenvalue weighted by atomic mass is 19.3. The second kappa shape index (κ2) is 11.0. The summed E-state index contributed by atoms with van der Waals surface area (Å²) in [4.78, 5) is 2.98. The van der Waals surface area contributed by atoms with E-state index in [9.17, 15) is 35.3 Å². The largest absolute Gasteiger partial charge is 0.294 e. The standard InChI is InChI=1S/C20H14F4.C6H2F4O/c1-12-2-7-16(18(22)8-12)14-5-3-13(4-6-14)15-9-19(23)17(11-21)20(24)10-15;7-4-1-3(11-10)2-5(8)6(4)9/h2-10H,11H2,1H3;1-2H. The number of alkyl halides is 1. The fraction of sp³-hybridized carbons (Fsp3) is 0.0769. The normalized spacial score (nSPS) is 10.5. The van der Waals surface area contributed by atoms with Crippen LogP contribution in [0.2, 0.25) is 0 Å². The second-order valence-electron chi connectivity index (χ2n) is 7.39. The zero-order chi connectivity index (χ0) is 25.7. The highest BCUT2D eigenvalue weighted by Crippen LogP contribution is 2.29. The van der Waals surface area contributed by atoms with E-state index in [-0.39, 0.29) is 5.82 Å². The summed E-state index contributed by atoms with van der Waals surface area (Å²) in [6.07, 6.45) is 0. The van der Waals surface area contributed by atoms with Crippen LogP contribution >= 0.6 is 0 Å². The van der Waals surface area contributed by atoms with E-state index in [4.69, 9.17) is 0 Å². The molecule has 1 nitrogen and oxygen atoms in total. The maximum atomic E-state index is 14.0. The summed E-state index contributed by atoms with van der Waals surface area (Å²) >= 11 is 0. The summed E-state index contributed by atoms with van der Waals surface area (Å²) in [5, 5.41) is 0. The molecule has 0 radical (unpaired) electrons. The van der Waals surface area contributed by atoms with Gasteiger partial charge in [0.15, 0.2) is 23.2 Å². The molecule has 35 heavy (non-hydrogen) atoms. The summed E-state index contributed by atoms with van der Waals surface area (Å²) in [6.45, 7) is 0.615. The Morgan fingerprint density at radius 3 is 1.63 bits per heavy atom. The Labute approximate surface area is 195 Å². The lowest BCUT2D eigenvalue weighted by Crippen LogP contribution is -1.94. The minimum absolute atomic E-state index is 0.304. The molecule has 4 rings (SSSR count). The highest BCUT2D eigenvalue weighted by Gasteiger charge is 2.13. The van der Waals surface area contributed by atoms with Gasteiger partial charge in [-0.3, -0.25) is 4.94 Å². The Morgan fingerprint density at radius 1 is 0.600 bits per heavy atom. The van der Waals surface area contributed by atoms with Gasteiger partial charge in [0.1, 0.15) is 24.1 Å². The van der Waals surface area contributed by atoms with Crippen LogP contribution in [0.5, 0.6) is 5.75 Å². The SMILES string of the molecule is Cc1ccc(-c2ccc(-c3cc(F)c(CF)c(F)c3)cc2)c(F)c1.FOc1cc(F)c(F)c(F)c1. The molecule has 0 aliphatic heterocycles. The molecule has 0 unspecified atom stereocenters. The van der Waals surface area contributed by atoms with E-state index in [1.807, 2.05) is 6.07 Å². The fourth-order valence-electron chi connectivity index (χ4n) is 3.17. The molecule has 0 fully saturated rings. The molecule has 0 aliphatic rings. The van der Waals surface area contributed by atoms with Crippen molar-refractivity contribution < 1.29 is 40.2 Å². The predicted molar refractivity (Wildman–Crippen MR) is 115 cm³/mol. The number of hydrogen-bond acceptors (Lipinski definition) is 1. The minimum atomic E-state index is -1.65. The Hall–Kier alpha value is -3.88. The van der Waals surface area contributed by atoms with E-state index < -0.39 is 47.1 Å². The van der Waals surface area contributed by atoms with E-state index in [0.717, 1.165) is 17.7 Å². The molecule has 0 heterocycles. The zero-order valence-electron chi connectivity index (χ0n) is 18.0. The third-order valence-electron chi connectivity index (χ3n) is 4.97. The summed E-state index contributed by atoms with van der Waals surface area (Å²) in [6, 6.07) is 14.6. The molecule has 0 aromatic heterocycles. The van der Waals surface area contributed by atoms with Crippen molar-refractivity contribution in [2.24, 2.45) is 0 Å². The van der Waals surface area contributed by atoms with Gasteiger partial charge in [0.05, 0.1) is 5.56 Å². The third-order valence-corrected chi connectivity index (χ3v) is 4.97. The quantitative estimate of drug-likeness (QED) is 0.203. The van der Waals surface area contributed by atoms with Crippen LogP contribution in [-0.2, 0) is 6.67 Å². The Kier molecular flexibility index (Phi) is 8.11. The summed E-state index contributed by atoms with van der Waals surface area (Å²) in [5.41, 5.74) is 2.24. The molecular weight excluding hydrogens is 480 g/mol. The topological polar surface area (TPSA) is 9.23 Å². The van der Waals surface area contributed by atoms with Gasteiger partial charge in [0.25, 0.3) is 0 Å². The molecule has 0 spiro atoms. The molecule has 0 amide bonds. The average molecular weight is 496 g/mol. The van der Waals surface area contributed by atoms with Crippen LogP contribution in [0.3, 0.4) is 0 Å². The van der Waals surface area contributed by atoms with Crippen molar-refractivity contribution in [3.8, 4) is 28.0 Å². The molecule has 0 bridgehead atoms. The first-order chi connectivity index (χ1) is 16.6. The minimum Gasteiger partial charge on any atom is -0.294 e. The van der Waals surface area contributed by atoms with Gasteiger partial charge in [-0.1, -0.05) is 36.4 Å². The zero-order valence-corrected chi connectivity index (χ0v) is 18.0. The smallest absolute Gasteiger partial charge is 0.194 e. The average Bonchev–Trinajstić information content (AvgIpc) is 2.82. The van der Waals surface area contributed by atoms with Crippen molar-refractivity contribution in [3.63, 3.8) is 0 Å². The molecule has 4 aromatic rings. The number of aryl methyl sites for hydroxylation is 1. The maximum absolute atomic E-state index is 14.0. The Morgan fingerprint density at radius 2 is 1.14 bits per heavy atom.